The summed E-state index contributed by atoms with van der Waals surface area (Å²) in [6.45, 7) is 4.06. The molecule has 0 aliphatic rings. The summed E-state index contributed by atoms with van der Waals surface area (Å²) in [4.78, 5) is 0. The normalized spacial score (nSPS) is 11.3. The zero-order chi connectivity index (χ0) is 25.5. The number of benzene rings is 7. The minimum atomic E-state index is 1.12. The van der Waals surface area contributed by atoms with Crippen molar-refractivity contribution in [1.82, 2.24) is 0 Å². The Morgan fingerprint density at radius 1 is 0.368 bits per heavy atom. The van der Waals surface area contributed by atoms with Crippen LogP contribution in [-0.2, 0) is 0 Å². The standard InChI is InChI=1S/C38H26/c1-2-26-16-23-35-36(24-26)37(30-20-17-29(18-21-30)27-10-4-3-5-11-27)33-14-8-9-15-34(33)38(35)32-22-19-28-12-6-7-13-31(28)25-32/h2-25H,1H2. The van der Waals surface area contributed by atoms with Crippen LogP contribution in [0.4, 0.5) is 0 Å². The maximum Gasteiger partial charge on any atom is -0.00261 e. The highest BCUT2D eigenvalue weighted by molar-refractivity contribution is 6.22. The minimum absolute atomic E-state index is 1.12. The number of fused-ring (bicyclic) bond motifs is 3. The van der Waals surface area contributed by atoms with Crippen molar-refractivity contribution in [3.8, 4) is 33.4 Å². The van der Waals surface area contributed by atoms with Gasteiger partial charge in [0.05, 0.1) is 0 Å². The van der Waals surface area contributed by atoms with E-state index in [0.717, 1.165) is 5.56 Å². The van der Waals surface area contributed by atoms with Gasteiger partial charge in [0.25, 0.3) is 0 Å². The maximum absolute atomic E-state index is 4.06. The zero-order valence-corrected chi connectivity index (χ0v) is 21.1. The van der Waals surface area contributed by atoms with E-state index >= 15 is 0 Å². The van der Waals surface area contributed by atoms with Crippen LogP contribution in [0.15, 0.2) is 146 Å². The number of hydrogen-bond donors (Lipinski definition) is 0. The first kappa shape index (κ1) is 22.3. The van der Waals surface area contributed by atoms with E-state index in [0.29, 0.717) is 0 Å². The van der Waals surface area contributed by atoms with E-state index in [1.807, 2.05) is 6.08 Å². The molecule has 0 aliphatic heterocycles. The third kappa shape index (κ3) is 3.70. The molecule has 0 N–H and O–H groups in total. The molecular formula is C38H26. The molecule has 0 atom stereocenters. The molecule has 38 heavy (non-hydrogen) atoms. The van der Waals surface area contributed by atoms with Gasteiger partial charge in [0.15, 0.2) is 0 Å². The minimum Gasteiger partial charge on any atom is -0.0985 e. The molecule has 0 spiro atoms. The molecule has 0 heterocycles. The van der Waals surface area contributed by atoms with Gasteiger partial charge in [0.1, 0.15) is 0 Å². The second kappa shape index (κ2) is 9.18. The summed E-state index contributed by atoms with van der Waals surface area (Å²) >= 11 is 0. The van der Waals surface area contributed by atoms with Crippen LogP contribution in [0.25, 0.3) is 71.8 Å². The van der Waals surface area contributed by atoms with Gasteiger partial charge < -0.3 is 0 Å². The third-order valence-electron chi connectivity index (χ3n) is 7.60. The largest absolute Gasteiger partial charge is 0.0985 e. The van der Waals surface area contributed by atoms with Gasteiger partial charge in [0.2, 0.25) is 0 Å². The SMILES string of the molecule is C=Cc1ccc2c(-c3ccc4ccccc4c3)c3ccccc3c(-c3ccc(-c4ccccc4)cc3)c2c1. The fourth-order valence-electron chi connectivity index (χ4n) is 5.75. The van der Waals surface area contributed by atoms with Gasteiger partial charge in [-0.25, -0.2) is 0 Å². The Bertz CT molecular complexity index is 1960. The lowest BCUT2D eigenvalue weighted by atomic mass is 9.84. The topological polar surface area (TPSA) is 0 Å². The van der Waals surface area contributed by atoms with Crippen LogP contribution in [0.2, 0.25) is 0 Å². The van der Waals surface area contributed by atoms with Crippen LogP contribution < -0.4 is 0 Å². The van der Waals surface area contributed by atoms with Crippen molar-refractivity contribution < 1.29 is 0 Å². The first-order valence-electron chi connectivity index (χ1n) is 13.1. The Labute approximate surface area is 223 Å². The van der Waals surface area contributed by atoms with E-state index in [9.17, 15) is 0 Å². The van der Waals surface area contributed by atoms with Gasteiger partial charge in [-0.3, -0.25) is 0 Å². The molecule has 0 nitrogen and oxygen atoms in total. The Morgan fingerprint density at radius 3 is 1.66 bits per heavy atom. The molecule has 178 valence electrons. The molecule has 7 rings (SSSR count). The summed E-state index contributed by atoms with van der Waals surface area (Å²) < 4.78 is 0. The molecule has 0 saturated carbocycles. The summed E-state index contributed by atoms with van der Waals surface area (Å²) in [6.07, 6.45) is 1.94. The Hall–Kier alpha value is -4.94. The van der Waals surface area contributed by atoms with Gasteiger partial charge in [0, 0.05) is 0 Å². The average molecular weight is 483 g/mol. The molecule has 0 saturated heterocycles. The van der Waals surface area contributed by atoms with E-state index in [4.69, 9.17) is 0 Å². The van der Waals surface area contributed by atoms with Crippen molar-refractivity contribution in [3.63, 3.8) is 0 Å². The Balaban J connectivity index is 1.54. The summed E-state index contributed by atoms with van der Waals surface area (Å²) in [7, 11) is 0. The number of rotatable bonds is 4. The van der Waals surface area contributed by atoms with Crippen molar-refractivity contribution in [2.45, 2.75) is 0 Å². The molecule has 7 aromatic carbocycles. The van der Waals surface area contributed by atoms with Gasteiger partial charge >= 0.3 is 0 Å². The summed E-state index contributed by atoms with van der Waals surface area (Å²) in [5.41, 5.74) is 8.58. The van der Waals surface area contributed by atoms with Crippen LogP contribution in [0.1, 0.15) is 5.56 Å². The smallest absolute Gasteiger partial charge is 0.00261 e. The molecule has 7 aromatic rings. The van der Waals surface area contributed by atoms with E-state index in [-0.39, 0.29) is 0 Å². The second-order valence-electron chi connectivity index (χ2n) is 9.81. The van der Waals surface area contributed by atoms with Crippen molar-refractivity contribution in [2.75, 3.05) is 0 Å². The fraction of sp³-hybridized carbons (Fsp3) is 0. The molecule has 0 heteroatoms. The first-order valence-corrected chi connectivity index (χ1v) is 13.1. The summed E-state index contributed by atoms with van der Waals surface area (Å²) in [5.74, 6) is 0. The molecule has 0 amide bonds. The lowest BCUT2D eigenvalue weighted by Crippen LogP contribution is -1.92. The van der Waals surface area contributed by atoms with Crippen molar-refractivity contribution in [2.24, 2.45) is 0 Å². The average Bonchev–Trinajstić information content (AvgIpc) is 3.00. The number of hydrogen-bond acceptors (Lipinski definition) is 0. The van der Waals surface area contributed by atoms with E-state index in [1.54, 1.807) is 0 Å². The van der Waals surface area contributed by atoms with E-state index in [1.165, 1.54) is 65.7 Å². The van der Waals surface area contributed by atoms with Gasteiger partial charge in [-0.05, 0) is 83.4 Å². The Morgan fingerprint density at radius 2 is 0.921 bits per heavy atom. The highest BCUT2D eigenvalue weighted by Gasteiger charge is 2.17. The molecular weight excluding hydrogens is 456 g/mol. The lowest BCUT2D eigenvalue weighted by molar-refractivity contribution is 1.61. The van der Waals surface area contributed by atoms with Crippen molar-refractivity contribution in [1.29, 1.82) is 0 Å². The van der Waals surface area contributed by atoms with Crippen LogP contribution in [0.5, 0.6) is 0 Å². The van der Waals surface area contributed by atoms with E-state index in [2.05, 4.69) is 146 Å². The monoisotopic (exact) mass is 482 g/mol. The van der Waals surface area contributed by atoms with Crippen molar-refractivity contribution >= 4 is 38.4 Å². The Kier molecular flexibility index (Phi) is 5.38. The van der Waals surface area contributed by atoms with E-state index < -0.39 is 0 Å². The van der Waals surface area contributed by atoms with Crippen molar-refractivity contribution in [3.05, 3.63) is 152 Å². The second-order valence-corrected chi connectivity index (χ2v) is 9.81. The molecule has 0 radical (unpaired) electrons. The first-order chi connectivity index (χ1) is 18.8. The van der Waals surface area contributed by atoms with Crippen LogP contribution in [0.3, 0.4) is 0 Å². The van der Waals surface area contributed by atoms with Gasteiger partial charge in [-0.1, -0.05) is 140 Å². The van der Waals surface area contributed by atoms with Crippen LogP contribution in [0, 0.1) is 0 Å². The quantitative estimate of drug-likeness (QED) is 0.219. The molecule has 0 bridgehead atoms. The summed E-state index contributed by atoms with van der Waals surface area (Å²) in [5, 5.41) is 7.54. The van der Waals surface area contributed by atoms with Crippen LogP contribution >= 0.6 is 0 Å². The van der Waals surface area contributed by atoms with Crippen LogP contribution in [-0.4, -0.2) is 0 Å². The maximum atomic E-state index is 4.06. The van der Waals surface area contributed by atoms with Gasteiger partial charge in [-0.2, -0.15) is 0 Å². The highest BCUT2D eigenvalue weighted by atomic mass is 14.2. The fourth-order valence-corrected chi connectivity index (χ4v) is 5.75. The molecule has 0 fully saturated rings. The summed E-state index contributed by atoms with van der Waals surface area (Å²) in [6, 6.07) is 50.5. The molecule has 0 unspecified atom stereocenters. The predicted molar refractivity (Wildman–Crippen MR) is 165 cm³/mol. The third-order valence-corrected chi connectivity index (χ3v) is 7.60. The molecule has 0 aromatic heterocycles. The highest BCUT2D eigenvalue weighted by Crippen LogP contribution is 2.44. The van der Waals surface area contributed by atoms with Gasteiger partial charge in [-0.15, -0.1) is 0 Å². The molecule has 0 aliphatic carbocycles. The lowest BCUT2D eigenvalue weighted by Gasteiger charge is -2.19. The predicted octanol–water partition coefficient (Wildman–Crippen LogP) is 10.8. The zero-order valence-electron chi connectivity index (χ0n) is 21.1.